The molecule has 0 fully saturated rings. The van der Waals surface area contributed by atoms with E-state index in [1.165, 1.54) is 12.1 Å². The molecular formula is C27H19Cl2N3O4S. The van der Waals surface area contributed by atoms with Gasteiger partial charge in [0.05, 0.1) is 10.6 Å². The molecule has 2 heterocycles. The number of aromatic nitrogens is 1. The molecule has 0 bridgehead atoms. The highest BCUT2D eigenvalue weighted by atomic mass is 35.5. The second-order valence-electron chi connectivity index (χ2n) is 8.38. The SMILES string of the molecule is Cc1cc(C)c2oc(-c3ccc(NC(=S)NC(=O)c4ccc(-c5ccc(Cl)cc5Cl)o4)cc3O)nc2c1. The molecule has 5 aromatic rings. The highest BCUT2D eigenvalue weighted by Gasteiger charge is 2.17. The van der Waals surface area contributed by atoms with Crippen molar-refractivity contribution in [2.75, 3.05) is 5.32 Å². The molecule has 5 rings (SSSR count). The van der Waals surface area contributed by atoms with Gasteiger partial charge in [-0.25, -0.2) is 4.98 Å². The molecule has 1 amide bonds. The number of anilines is 1. The van der Waals surface area contributed by atoms with E-state index in [2.05, 4.69) is 15.6 Å². The molecule has 0 unspecified atom stereocenters. The van der Waals surface area contributed by atoms with Crippen LogP contribution in [0.25, 0.3) is 33.9 Å². The third kappa shape index (κ3) is 5.17. The lowest BCUT2D eigenvalue weighted by Crippen LogP contribution is -2.33. The minimum Gasteiger partial charge on any atom is -0.507 e. The van der Waals surface area contributed by atoms with Gasteiger partial charge in [0.25, 0.3) is 5.91 Å². The van der Waals surface area contributed by atoms with E-state index in [0.717, 1.165) is 16.6 Å². The maximum absolute atomic E-state index is 12.6. The van der Waals surface area contributed by atoms with Crippen molar-refractivity contribution in [3.05, 3.63) is 87.6 Å². The standard InChI is InChI=1S/C27H19Cl2N3O4S/c1-13-9-14(2)24-20(10-13)31-26(36-24)18-6-4-16(12-21(18)33)30-27(37)32-25(34)23-8-7-22(35-23)17-5-3-15(28)11-19(17)29/h3-12,33H,1-2H3,(H2,30,32,34,37). The van der Waals surface area contributed by atoms with Crippen LogP contribution in [0.4, 0.5) is 5.69 Å². The first-order valence-electron chi connectivity index (χ1n) is 11.1. The molecule has 0 aliphatic heterocycles. The Labute approximate surface area is 227 Å². The van der Waals surface area contributed by atoms with Gasteiger partial charge in [0.1, 0.15) is 17.0 Å². The topological polar surface area (TPSA) is 101 Å². The summed E-state index contributed by atoms with van der Waals surface area (Å²) in [5.41, 5.74) is 4.92. The predicted molar refractivity (Wildman–Crippen MR) is 148 cm³/mol. The molecule has 7 nitrogen and oxygen atoms in total. The van der Waals surface area contributed by atoms with E-state index < -0.39 is 5.91 Å². The van der Waals surface area contributed by atoms with E-state index in [1.54, 1.807) is 36.4 Å². The number of phenolic OH excluding ortho intramolecular Hbond substituents is 1. The number of aryl methyl sites for hydroxylation is 2. The number of thiocarbonyl (C=S) groups is 1. The van der Waals surface area contributed by atoms with E-state index in [9.17, 15) is 9.90 Å². The van der Waals surface area contributed by atoms with Crippen molar-refractivity contribution >= 4 is 63.2 Å². The number of carbonyl (C=O) groups is 1. The Morgan fingerprint density at radius 1 is 0.973 bits per heavy atom. The van der Waals surface area contributed by atoms with Gasteiger partial charge in [0.2, 0.25) is 5.89 Å². The summed E-state index contributed by atoms with van der Waals surface area (Å²) < 4.78 is 11.5. The van der Waals surface area contributed by atoms with Crippen LogP contribution in [0.3, 0.4) is 0 Å². The lowest BCUT2D eigenvalue weighted by Gasteiger charge is -2.10. The fourth-order valence-electron chi connectivity index (χ4n) is 3.90. The normalized spacial score (nSPS) is 11.0. The molecule has 186 valence electrons. The van der Waals surface area contributed by atoms with Crippen molar-refractivity contribution in [2.45, 2.75) is 13.8 Å². The maximum Gasteiger partial charge on any atom is 0.293 e. The van der Waals surface area contributed by atoms with E-state index in [0.29, 0.717) is 44.1 Å². The first kappa shape index (κ1) is 24.8. The summed E-state index contributed by atoms with van der Waals surface area (Å²) in [5, 5.41) is 16.9. The number of oxazole rings is 1. The number of phenols is 1. The number of hydrogen-bond donors (Lipinski definition) is 3. The largest absolute Gasteiger partial charge is 0.507 e. The van der Waals surface area contributed by atoms with Gasteiger partial charge in [-0.1, -0.05) is 29.3 Å². The van der Waals surface area contributed by atoms with Crippen LogP contribution in [-0.4, -0.2) is 21.1 Å². The van der Waals surface area contributed by atoms with Crippen LogP contribution in [0.1, 0.15) is 21.7 Å². The molecule has 2 aromatic heterocycles. The van der Waals surface area contributed by atoms with Crippen molar-refractivity contribution in [2.24, 2.45) is 0 Å². The lowest BCUT2D eigenvalue weighted by atomic mass is 10.1. The summed E-state index contributed by atoms with van der Waals surface area (Å²) in [7, 11) is 0. The summed E-state index contributed by atoms with van der Waals surface area (Å²) in [5.74, 6) is 0.154. The van der Waals surface area contributed by atoms with Crippen molar-refractivity contribution in [3.63, 3.8) is 0 Å². The number of halogens is 2. The molecular weight excluding hydrogens is 533 g/mol. The summed E-state index contributed by atoms with van der Waals surface area (Å²) in [6, 6.07) is 16.9. The summed E-state index contributed by atoms with van der Waals surface area (Å²) in [4.78, 5) is 17.1. The molecule has 0 spiro atoms. The minimum absolute atomic E-state index is 0.0209. The Balaban J connectivity index is 1.27. The van der Waals surface area contributed by atoms with Gasteiger partial charge in [0.15, 0.2) is 16.5 Å². The third-order valence-electron chi connectivity index (χ3n) is 5.56. The number of fused-ring (bicyclic) bond motifs is 1. The molecule has 3 aromatic carbocycles. The van der Waals surface area contributed by atoms with Gasteiger partial charge in [0, 0.05) is 22.3 Å². The number of hydrogen-bond acceptors (Lipinski definition) is 6. The summed E-state index contributed by atoms with van der Waals surface area (Å²) >= 11 is 17.4. The average Bonchev–Trinajstić information content (AvgIpc) is 3.47. The number of nitrogens with zero attached hydrogens (tertiary/aromatic N) is 1. The van der Waals surface area contributed by atoms with Crippen LogP contribution in [0.5, 0.6) is 5.75 Å². The first-order chi connectivity index (χ1) is 17.7. The Bertz CT molecular complexity index is 1690. The average molecular weight is 552 g/mol. The number of aromatic hydroxyl groups is 1. The lowest BCUT2D eigenvalue weighted by molar-refractivity contribution is 0.0951. The van der Waals surface area contributed by atoms with Crippen LogP contribution in [-0.2, 0) is 0 Å². The zero-order valence-electron chi connectivity index (χ0n) is 19.6. The van der Waals surface area contributed by atoms with Crippen molar-refractivity contribution in [3.8, 4) is 28.5 Å². The Kier molecular flexibility index (Phi) is 6.64. The number of amides is 1. The van der Waals surface area contributed by atoms with E-state index in [1.807, 2.05) is 26.0 Å². The quantitative estimate of drug-likeness (QED) is 0.198. The highest BCUT2D eigenvalue weighted by Crippen LogP contribution is 2.34. The van der Waals surface area contributed by atoms with Crippen LogP contribution in [0.2, 0.25) is 10.0 Å². The number of nitrogens with one attached hydrogen (secondary N) is 2. The number of rotatable bonds is 4. The van der Waals surface area contributed by atoms with Gasteiger partial charge >= 0.3 is 0 Å². The van der Waals surface area contributed by atoms with Crippen LogP contribution in [0.15, 0.2) is 69.5 Å². The third-order valence-corrected chi connectivity index (χ3v) is 6.31. The number of benzene rings is 3. The van der Waals surface area contributed by atoms with Crippen LogP contribution in [0, 0.1) is 13.8 Å². The van der Waals surface area contributed by atoms with Gasteiger partial charge < -0.3 is 19.3 Å². The van der Waals surface area contributed by atoms with Crippen molar-refractivity contribution in [1.82, 2.24) is 10.3 Å². The maximum atomic E-state index is 12.6. The van der Waals surface area contributed by atoms with Gasteiger partial charge in [-0.2, -0.15) is 0 Å². The fraction of sp³-hybridized carbons (Fsp3) is 0.0741. The van der Waals surface area contributed by atoms with E-state index in [-0.39, 0.29) is 16.6 Å². The smallest absolute Gasteiger partial charge is 0.293 e. The second-order valence-corrected chi connectivity index (χ2v) is 9.63. The molecule has 0 saturated heterocycles. The van der Waals surface area contributed by atoms with Crippen molar-refractivity contribution < 1.29 is 18.7 Å². The zero-order chi connectivity index (χ0) is 26.3. The Morgan fingerprint density at radius 3 is 2.51 bits per heavy atom. The molecule has 0 radical (unpaired) electrons. The van der Waals surface area contributed by atoms with Crippen LogP contribution < -0.4 is 10.6 Å². The van der Waals surface area contributed by atoms with Crippen molar-refractivity contribution in [1.29, 1.82) is 0 Å². The molecule has 0 atom stereocenters. The Hall–Kier alpha value is -3.85. The molecule has 0 saturated carbocycles. The Morgan fingerprint density at radius 2 is 1.76 bits per heavy atom. The number of furan rings is 1. The van der Waals surface area contributed by atoms with E-state index >= 15 is 0 Å². The van der Waals surface area contributed by atoms with Gasteiger partial charge in [-0.05, 0) is 85.7 Å². The first-order valence-corrected chi connectivity index (χ1v) is 12.2. The fourth-order valence-corrected chi connectivity index (χ4v) is 4.62. The predicted octanol–water partition coefficient (Wildman–Crippen LogP) is 7.51. The summed E-state index contributed by atoms with van der Waals surface area (Å²) in [6.45, 7) is 3.93. The zero-order valence-corrected chi connectivity index (χ0v) is 21.9. The van der Waals surface area contributed by atoms with Gasteiger partial charge in [-0.3, -0.25) is 10.1 Å². The molecule has 37 heavy (non-hydrogen) atoms. The van der Waals surface area contributed by atoms with Crippen LogP contribution >= 0.6 is 35.4 Å². The number of carbonyl (C=O) groups excluding carboxylic acids is 1. The second kappa shape index (κ2) is 9.89. The summed E-state index contributed by atoms with van der Waals surface area (Å²) in [6.07, 6.45) is 0. The van der Waals surface area contributed by atoms with E-state index in [4.69, 9.17) is 44.3 Å². The molecule has 0 aliphatic carbocycles. The van der Waals surface area contributed by atoms with Gasteiger partial charge in [-0.15, -0.1) is 0 Å². The highest BCUT2D eigenvalue weighted by molar-refractivity contribution is 7.80. The molecule has 3 N–H and O–H groups in total. The monoisotopic (exact) mass is 551 g/mol. The minimum atomic E-state index is -0.549. The molecule has 0 aliphatic rings. The molecule has 10 heteroatoms.